The number of benzene rings is 1. The average molecular weight is 1550 g/mol. The first-order valence-electron chi connectivity index (χ1n) is 35.4. The molecule has 598 valence electrons. The molecule has 0 saturated carbocycles. The van der Waals surface area contributed by atoms with Crippen molar-refractivity contribution in [3.63, 3.8) is 0 Å². The number of amides is 1. The van der Waals surface area contributed by atoms with Crippen LogP contribution in [0, 0.1) is 6.92 Å². The second-order valence-corrected chi connectivity index (χ2v) is 30.0. The predicted molar refractivity (Wildman–Crippen MR) is 351 cm³/mol. The lowest BCUT2D eigenvalue weighted by Crippen LogP contribution is -2.69. The van der Waals surface area contributed by atoms with Crippen molar-refractivity contribution < 1.29 is 163 Å². The van der Waals surface area contributed by atoms with Crippen LogP contribution in [0.3, 0.4) is 0 Å². The zero-order chi connectivity index (χ0) is 75.9. The van der Waals surface area contributed by atoms with Gasteiger partial charge in [0.25, 0.3) is 5.97 Å². The normalized spacial score (nSPS) is 48.0. The summed E-state index contributed by atoms with van der Waals surface area (Å²) >= 11 is 12.9. The summed E-state index contributed by atoms with van der Waals surface area (Å²) in [4.78, 5) is 26.9. The van der Waals surface area contributed by atoms with E-state index in [1.165, 1.54) is 63.6 Å². The lowest BCUT2D eigenvalue weighted by atomic mass is 9.84. The summed E-state index contributed by atoms with van der Waals surface area (Å²) in [6.07, 6.45) is -31.9. The lowest BCUT2D eigenvalue weighted by molar-refractivity contribution is -0.422. The first-order chi connectivity index (χ1) is 49.8. The van der Waals surface area contributed by atoms with Gasteiger partial charge in [0.15, 0.2) is 61.4 Å². The number of esters is 1. The number of aliphatic hydroxyl groups excluding tert-OH is 3. The SMILES string of the molecule is COC[C@H]1O[C@@H](O[C@@H]2OC[C@@H]3O[C@@]4(OC[C@@](O)([C@H](C)OC)[C@@H]5OCO[C@H]54)O[C@H]3[C@H]2OC)[C@@H](OC)[C@@H](O)[C@@H]1O[C@@H]1O[C@H](C)[C@H](OC)[C@H](O[C@H]2C[C@@]3(C)OC4(C[C@@H](O)[C@H](O[C@H]5C[C@@H](O[C@H]6C[C@@](C)(NC(C)=O)[C@@H](OC)[C@H](C)O6)[C@H](OC(=O)c6c(C)c(Cl)c(O)c(Cl)c6OC)[C@@H](C)O5)[C@@H](C)O4)O[C@@H]3[C@@H](C)O2)[C@H]1O. The Hall–Kier alpha value is -2.82. The minimum absolute atomic E-state index is 0.00633. The summed E-state index contributed by atoms with van der Waals surface area (Å²) in [5, 5.41) is 61.6. The maximum atomic E-state index is 14.3. The highest BCUT2D eigenvalue weighted by atomic mass is 35.5. The molecule has 0 aromatic heterocycles. The summed E-state index contributed by atoms with van der Waals surface area (Å²) in [6, 6.07) is 0. The topological polar surface area (TPSA) is 397 Å². The number of halogens is 2. The van der Waals surface area contributed by atoms with Crippen molar-refractivity contribution in [3.05, 3.63) is 21.2 Å². The zero-order valence-corrected chi connectivity index (χ0v) is 63.3. The van der Waals surface area contributed by atoms with Gasteiger partial charge in [-0.05, 0) is 67.9 Å². The Kier molecular flexibility index (Phi) is 25.2. The molecule has 12 rings (SSSR count). The van der Waals surface area contributed by atoms with Gasteiger partial charge in [0.2, 0.25) is 5.91 Å². The van der Waals surface area contributed by atoms with Crippen LogP contribution < -0.4 is 10.1 Å². The van der Waals surface area contributed by atoms with E-state index in [2.05, 4.69) is 5.32 Å². The van der Waals surface area contributed by atoms with Gasteiger partial charge < -0.3 is 159 Å². The van der Waals surface area contributed by atoms with E-state index in [-0.39, 0.29) is 85.1 Å². The van der Waals surface area contributed by atoms with Gasteiger partial charge in [0, 0.05) is 68.8 Å². The quantitative estimate of drug-likeness (QED) is 0.0898. The Balaban J connectivity index is 0.690. The number of aliphatic hydroxyl groups is 4. The van der Waals surface area contributed by atoms with Gasteiger partial charge in [-0.1, -0.05) is 23.2 Å². The molecule has 1 aromatic carbocycles. The average Bonchev–Trinajstić information content (AvgIpc) is 1.58. The van der Waals surface area contributed by atoms with Gasteiger partial charge in [-0.2, -0.15) is 0 Å². The molecule has 6 N–H and O–H groups in total. The van der Waals surface area contributed by atoms with Crippen molar-refractivity contribution in [1.29, 1.82) is 0 Å². The Labute approximate surface area is 618 Å². The maximum Gasteiger partial charge on any atom is 0.342 e. The summed E-state index contributed by atoms with van der Waals surface area (Å²) < 4.78 is 169. The summed E-state index contributed by atoms with van der Waals surface area (Å²) in [6.45, 7) is 16.1. The van der Waals surface area contributed by atoms with Crippen LogP contribution in [0.4, 0.5) is 0 Å². The highest BCUT2D eigenvalue weighted by molar-refractivity contribution is 6.39. The number of rotatable bonds is 22. The van der Waals surface area contributed by atoms with Gasteiger partial charge in [0.1, 0.15) is 120 Å². The third-order valence-electron chi connectivity index (χ3n) is 22.1. The van der Waals surface area contributed by atoms with Crippen LogP contribution in [0.1, 0.15) is 104 Å². The minimum Gasteiger partial charge on any atom is -0.505 e. The summed E-state index contributed by atoms with van der Waals surface area (Å²) in [5.41, 5.74) is -3.81. The van der Waals surface area contributed by atoms with Gasteiger partial charge in [0.05, 0.1) is 86.6 Å². The zero-order valence-electron chi connectivity index (χ0n) is 61.8. The third kappa shape index (κ3) is 15.4. The van der Waals surface area contributed by atoms with Gasteiger partial charge in [-0.15, -0.1) is 0 Å². The standard InChI is InChI=1S/C68H103Cl2NO34/c1-26-41(52(82-14)43(70)44(74)42(26)69)60(77)98-48-27(2)90-38(18-35(48)94-39-20-64(9,71-33(8)72)56(85-17)30(5)91-39)96-47-29(4)101-67(19-34(47)73)104-57-31(6)92-40(21-65(57,10)105-67)97-53-46(76)61(93-28(3)49(53)81-13)99-50-36(22-79-11)95-63(54(83-15)45(50)75)100-62-55(84-16)51-37(23-86-62)102-68(103-51)59-58(87-25-88-59)66(78,24-89-68)32(7)80-12/h27-32,34-40,45-51,53-59,61-63,73-76,78H,18-25H2,1-17H3,(H,71,72)/t27-,28-,29-,30+,31-,32+,34-,35-,36-,37+,38+,39+,40+,45+,46-,47-,48-,49+,50-,51-,53-,54+,55-,56+,57-,58-,59-,61+,62+,63+,64-,65-,66-,67?,68-/m1/s1. The van der Waals surface area contributed by atoms with E-state index in [1.54, 1.807) is 48.5 Å². The molecule has 35 atom stereocenters. The van der Waals surface area contributed by atoms with E-state index in [0.29, 0.717) is 0 Å². The largest absolute Gasteiger partial charge is 0.505 e. The molecule has 11 aliphatic rings. The van der Waals surface area contributed by atoms with Crippen molar-refractivity contribution in [3.8, 4) is 11.5 Å². The molecule has 0 radical (unpaired) electrons. The molecule has 0 aliphatic carbocycles. The number of ether oxygens (including phenoxy) is 27. The van der Waals surface area contributed by atoms with Gasteiger partial charge in [-0.25, -0.2) is 4.79 Å². The monoisotopic (exact) mass is 1550 g/mol. The molecule has 1 amide bonds. The number of phenolic OH excluding ortho intramolecular Hbond substituents is 1. The maximum absolute atomic E-state index is 14.3. The van der Waals surface area contributed by atoms with Crippen molar-refractivity contribution in [1.82, 2.24) is 5.32 Å². The van der Waals surface area contributed by atoms with Crippen LogP contribution >= 0.6 is 23.2 Å². The molecule has 105 heavy (non-hydrogen) atoms. The van der Waals surface area contributed by atoms with E-state index in [1.807, 2.05) is 6.92 Å². The van der Waals surface area contributed by atoms with Crippen LogP contribution in [-0.4, -0.2) is 327 Å². The third-order valence-corrected chi connectivity index (χ3v) is 22.9. The van der Waals surface area contributed by atoms with Gasteiger partial charge >= 0.3 is 11.9 Å². The number of hydrogen-bond acceptors (Lipinski definition) is 34. The smallest absolute Gasteiger partial charge is 0.342 e. The van der Waals surface area contributed by atoms with Gasteiger partial charge in [-0.3, -0.25) is 4.79 Å². The molecule has 11 saturated heterocycles. The van der Waals surface area contributed by atoms with E-state index >= 15 is 0 Å². The van der Waals surface area contributed by atoms with Crippen molar-refractivity contribution in [2.45, 2.75) is 308 Å². The number of phenols is 1. The first-order valence-corrected chi connectivity index (χ1v) is 36.1. The second kappa shape index (κ2) is 32.3. The number of methoxy groups -OCH3 is 7. The van der Waals surface area contributed by atoms with Crippen LogP contribution in [0.5, 0.6) is 11.5 Å². The predicted octanol–water partition coefficient (Wildman–Crippen LogP) is 1.63. The fourth-order valence-corrected chi connectivity index (χ4v) is 17.5. The van der Waals surface area contributed by atoms with Crippen molar-refractivity contribution in [2.75, 3.05) is 76.4 Å². The molecule has 2 spiro atoms. The van der Waals surface area contributed by atoms with E-state index in [4.69, 9.17) is 151 Å². The molecule has 11 heterocycles. The molecule has 1 aromatic rings. The second-order valence-electron chi connectivity index (χ2n) is 29.2. The summed E-state index contributed by atoms with van der Waals surface area (Å²) in [7, 11) is 9.90. The fourth-order valence-electron chi connectivity index (χ4n) is 17.0. The van der Waals surface area contributed by atoms with Crippen molar-refractivity contribution in [2.24, 2.45) is 0 Å². The molecule has 11 aliphatic heterocycles. The van der Waals surface area contributed by atoms with Crippen LogP contribution in [0.25, 0.3) is 0 Å². The molecule has 35 nitrogen and oxygen atoms in total. The number of hydrogen-bond donors (Lipinski definition) is 6. The Bertz CT molecular complexity index is 3160. The lowest BCUT2D eigenvalue weighted by Gasteiger charge is -2.49. The highest BCUT2D eigenvalue weighted by Crippen LogP contribution is 2.53. The summed E-state index contributed by atoms with van der Waals surface area (Å²) in [5.74, 6) is -5.56. The van der Waals surface area contributed by atoms with Crippen molar-refractivity contribution >= 4 is 35.1 Å². The fraction of sp³-hybridized carbons (Fsp3) is 0.882. The molecule has 0 bridgehead atoms. The van der Waals surface area contributed by atoms with Crippen LogP contribution in [-0.2, 0) is 128 Å². The Morgan fingerprint density at radius 3 is 1.99 bits per heavy atom. The van der Waals surface area contributed by atoms with Crippen LogP contribution in [0.15, 0.2) is 0 Å². The van der Waals surface area contributed by atoms with E-state index in [9.17, 15) is 35.1 Å². The molecule has 1 unspecified atom stereocenters. The number of carbonyl (C=O) groups is 2. The van der Waals surface area contributed by atoms with E-state index < -0.39 is 225 Å². The molecular formula is C68H103Cl2NO34. The molecular weight excluding hydrogens is 1450 g/mol. The number of fused-ring (bicyclic) bond motifs is 4. The minimum atomic E-state index is -1.84. The molecule has 37 heteroatoms. The van der Waals surface area contributed by atoms with E-state index in [0.717, 1.165) is 0 Å². The number of carbonyl (C=O) groups excluding carboxylic acids is 2. The highest BCUT2D eigenvalue weighted by Gasteiger charge is 2.71. The molecule has 11 fully saturated rings. The number of aromatic hydroxyl groups is 1. The Morgan fingerprint density at radius 1 is 0.648 bits per heavy atom. The number of nitrogens with one attached hydrogen (secondary N) is 1. The van der Waals surface area contributed by atoms with Crippen LogP contribution in [0.2, 0.25) is 10.0 Å². The Morgan fingerprint density at radius 2 is 1.32 bits per heavy atom. The first kappa shape index (κ1) is 81.7.